The van der Waals surface area contributed by atoms with Crippen molar-refractivity contribution in [1.82, 2.24) is 0 Å². The first kappa shape index (κ1) is 26.6. The van der Waals surface area contributed by atoms with E-state index < -0.39 is 12.1 Å². The van der Waals surface area contributed by atoms with E-state index in [0.717, 1.165) is 25.7 Å². The summed E-state index contributed by atoms with van der Waals surface area (Å²) in [5.41, 5.74) is 0.0707. The van der Waals surface area contributed by atoms with Gasteiger partial charge in [0.05, 0.1) is 12.2 Å². The lowest BCUT2D eigenvalue weighted by Gasteiger charge is -2.45. The molecule has 0 aromatic rings. The molecule has 0 aliphatic heterocycles. The lowest BCUT2D eigenvalue weighted by atomic mass is 9.62. The summed E-state index contributed by atoms with van der Waals surface area (Å²) in [4.78, 5) is 22.8. The summed E-state index contributed by atoms with van der Waals surface area (Å²) < 4.78 is 0. The number of aliphatic carboxylic acids is 1. The molecule has 5 nitrogen and oxygen atoms in total. The third-order valence-electron chi connectivity index (χ3n) is 6.57. The summed E-state index contributed by atoms with van der Waals surface area (Å²) in [7, 11) is 0. The van der Waals surface area contributed by atoms with Crippen molar-refractivity contribution in [3.63, 3.8) is 0 Å². The smallest absolute Gasteiger partial charge is 0.303 e. The van der Waals surface area contributed by atoms with Crippen molar-refractivity contribution in [2.75, 3.05) is 0 Å². The van der Waals surface area contributed by atoms with E-state index in [9.17, 15) is 19.8 Å². The Morgan fingerprint density at radius 1 is 1.23 bits per heavy atom. The zero-order valence-corrected chi connectivity index (χ0v) is 19.1. The van der Waals surface area contributed by atoms with Crippen molar-refractivity contribution in [2.45, 2.75) is 104 Å². The quantitative estimate of drug-likeness (QED) is 0.302. The number of aliphatic hydroxyl groups excluding tert-OH is 2. The van der Waals surface area contributed by atoms with Gasteiger partial charge in [-0.2, -0.15) is 0 Å². The maximum absolute atomic E-state index is 12.2. The lowest BCUT2D eigenvalue weighted by Crippen LogP contribution is -2.41. The largest absolute Gasteiger partial charge is 0.481 e. The molecule has 30 heavy (non-hydrogen) atoms. The number of hydrogen-bond donors (Lipinski definition) is 3. The fourth-order valence-corrected chi connectivity index (χ4v) is 4.75. The summed E-state index contributed by atoms with van der Waals surface area (Å²) in [5.74, 6) is -1.14. The Kier molecular flexibility index (Phi) is 12.2. The minimum atomic E-state index is -0.794. The lowest BCUT2D eigenvalue weighted by molar-refractivity contribution is -0.137. The molecule has 2 aliphatic carbocycles. The molecule has 0 saturated heterocycles. The summed E-state index contributed by atoms with van der Waals surface area (Å²) in [6.07, 6.45) is 15.0. The molecule has 0 aromatic heterocycles. The number of unbranched alkanes of at least 4 members (excludes halogenated alkanes) is 1. The molecule has 5 heteroatoms. The number of carboxylic acid groups (broad SMARTS) is 1. The molecule has 2 rings (SSSR count). The van der Waals surface area contributed by atoms with Crippen LogP contribution in [0.15, 0.2) is 24.3 Å². The monoisotopic (exact) mass is 422 g/mol. The molecule has 1 unspecified atom stereocenters. The van der Waals surface area contributed by atoms with Gasteiger partial charge in [-0.25, -0.2) is 0 Å². The van der Waals surface area contributed by atoms with Crippen LogP contribution in [0, 0.1) is 17.3 Å². The van der Waals surface area contributed by atoms with Crippen LogP contribution in [-0.2, 0) is 9.59 Å². The first-order valence-electron chi connectivity index (χ1n) is 11.8. The highest BCUT2D eigenvalue weighted by molar-refractivity contribution is 5.84. The molecular formula is C25H42O5. The van der Waals surface area contributed by atoms with Gasteiger partial charge in [0, 0.05) is 24.7 Å². The summed E-state index contributed by atoms with van der Waals surface area (Å²) >= 11 is 0. The number of rotatable bonds is 12. The van der Waals surface area contributed by atoms with Gasteiger partial charge in [-0.05, 0) is 50.4 Å². The number of carbonyl (C=O) groups excluding carboxylic acids is 1. The van der Waals surface area contributed by atoms with Crippen LogP contribution in [0.25, 0.3) is 0 Å². The maximum atomic E-state index is 12.2. The second kappa shape index (κ2) is 13.8. The van der Waals surface area contributed by atoms with Crippen LogP contribution in [0.1, 0.15) is 91.4 Å². The molecule has 172 valence electrons. The molecule has 2 saturated carbocycles. The van der Waals surface area contributed by atoms with Crippen LogP contribution >= 0.6 is 0 Å². The first-order chi connectivity index (χ1) is 14.4. The Morgan fingerprint density at radius 2 is 1.93 bits per heavy atom. The van der Waals surface area contributed by atoms with Crippen molar-refractivity contribution in [3.05, 3.63) is 24.3 Å². The van der Waals surface area contributed by atoms with Gasteiger partial charge >= 0.3 is 5.97 Å². The van der Waals surface area contributed by atoms with Crippen LogP contribution in [0.5, 0.6) is 0 Å². The molecule has 0 bridgehead atoms. The molecule has 0 heterocycles. The van der Waals surface area contributed by atoms with E-state index in [1.165, 1.54) is 6.42 Å². The van der Waals surface area contributed by atoms with E-state index in [2.05, 4.69) is 6.92 Å². The van der Waals surface area contributed by atoms with Crippen molar-refractivity contribution >= 4 is 11.8 Å². The molecule has 0 amide bonds. The highest BCUT2D eigenvalue weighted by Crippen LogP contribution is 2.48. The van der Waals surface area contributed by atoms with E-state index in [1.807, 2.05) is 38.2 Å². The molecule has 0 spiro atoms. The molecule has 0 radical (unpaired) electrons. The second-order valence-corrected chi connectivity index (χ2v) is 8.56. The molecule has 2 aliphatic rings. The molecule has 3 N–H and O–H groups in total. The minimum Gasteiger partial charge on any atom is -0.481 e. The van der Waals surface area contributed by atoms with Gasteiger partial charge in [0.25, 0.3) is 0 Å². The van der Waals surface area contributed by atoms with Crippen LogP contribution < -0.4 is 0 Å². The van der Waals surface area contributed by atoms with Gasteiger partial charge in [-0.15, -0.1) is 0 Å². The predicted molar refractivity (Wildman–Crippen MR) is 120 cm³/mol. The molecular weight excluding hydrogens is 380 g/mol. The van der Waals surface area contributed by atoms with Gasteiger partial charge in [0.2, 0.25) is 0 Å². The topological polar surface area (TPSA) is 94.8 Å². The van der Waals surface area contributed by atoms with Crippen LogP contribution in [0.4, 0.5) is 0 Å². The second-order valence-electron chi connectivity index (χ2n) is 8.56. The Morgan fingerprint density at radius 3 is 2.50 bits per heavy atom. The standard InChI is InChI=1S/C23H36O5.C2H6/c1-2-13-23(14-8-15-23)21(26)11-7-10-18-17(19(24)16-20(18)25)9-5-3-4-6-12-22(27)28;1-2/h3,5,7,10,17-18,20-21,25-26H,2,4,6,8-9,11-16H2,1H3,(H,27,28);1-2H3/b5-3-,10-7?;/t17-,18-,20-,21?;/m1./s1. The van der Waals surface area contributed by atoms with Crippen molar-refractivity contribution in [1.29, 1.82) is 0 Å². The zero-order chi connectivity index (χ0) is 22.6. The van der Waals surface area contributed by atoms with Crippen molar-refractivity contribution in [2.24, 2.45) is 17.3 Å². The Labute approximate surface area is 182 Å². The van der Waals surface area contributed by atoms with E-state index >= 15 is 0 Å². The number of Topliss-reactive ketones (excluding diaryl/α,β-unsaturated/α-hetero) is 1. The van der Waals surface area contributed by atoms with E-state index in [1.54, 1.807) is 0 Å². The fraction of sp³-hybridized carbons (Fsp3) is 0.760. The SMILES string of the molecule is CC.CCCC1(C(O)CC=C[C@H]2[C@H](O)CC(=O)[C@@H]2C/C=C\CCCC(=O)O)CCC1. The number of carbonyl (C=O) groups is 2. The fourth-order valence-electron chi connectivity index (χ4n) is 4.75. The normalized spacial score (nSPS) is 26.4. The van der Waals surface area contributed by atoms with E-state index in [0.29, 0.717) is 25.7 Å². The maximum Gasteiger partial charge on any atom is 0.303 e. The predicted octanol–water partition coefficient (Wildman–Crippen LogP) is 5.06. The van der Waals surface area contributed by atoms with Gasteiger partial charge < -0.3 is 15.3 Å². The summed E-state index contributed by atoms with van der Waals surface area (Å²) in [6.45, 7) is 6.16. The number of allylic oxidation sites excluding steroid dienone is 2. The average Bonchev–Trinajstić information content (AvgIpc) is 2.95. The number of hydrogen-bond acceptors (Lipinski definition) is 4. The highest BCUT2D eigenvalue weighted by atomic mass is 16.4. The highest BCUT2D eigenvalue weighted by Gasteiger charge is 2.42. The van der Waals surface area contributed by atoms with E-state index in [4.69, 9.17) is 5.11 Å². The number of ketones is 1. The molecule has 4 atom stereocenters. The van der Waals surface area contributed by atoms with Gasteiger partial charge in [0.15, 0.2) is 0 Å². The number of carboxylic acids is 1. The van der Waals surface area contributed by atoms with Gasteiger partial charge in [0.1, 0.15) is 5.78 Å². The summed E-state index contributed by atoms with van der Waals surface area (Å²) in [6, 6.07) is 0. The zero-order valence-electron chi connectivity index (χ0n) is 19.1. The average molecular weight is 423 g/mol. The summed E-state index contributed by atoms with van der Waals surface area (Å²) in [5, 5.41) is 29.6. The van der Waals surface area contributed by atoms with E-state index in [-0.39, 0.29) is 42.0 Å². The van der Waals surface area contributed by atoms with Gasteiger partial charge in [-0.3, -0.25) is 9.59 Å². The van der Waals surface area contributed by atoms with Gasteiger partial charge in [-0.1, -0.05) is 57.9 Å². The number of aliphatic hydroxyl groups is 2. The molecule has 2 fully saturated rings. The Balaban J connectivity index is 0.00000218. The molecule has 0 aromatic carbocycles. The van der Waals surface area contributed by atoms with Crippen LogP contribution in [-0.4, -0.2) is 39.3 Å². The third-order valence-corrected chi connectivity index (χ3v) is 6.57. The van der Waals surface area contributed by atoms with Crippen LogP contribution in [0.2, 0.25) is 0 Å². The first-order valence-corrected chi connectivity index (χ1v) is 11.8. The minimum absolute atomic E-state index is 0.0707. The van der Waals surface area contributed by atoms with Crippen molar-refractivity contribution < 1.29 is 24.9 Å². The third kappa shape index (κ3) is 7.66. The Bertz CT molecular complexity index is 576. The van der Waals surface area contributed by atoms with Crippen molar-refractivity contribution in [3.8, 4) is 0 Å². The Hall–Kier alpha value is -1.46. The van der Waals surface area contributed by atoms with Crippen LogP contribution in [0.3, 0.4) is 0 Å².